The fraction of sp³-hybridized carbons (Fsp3) is 0.161. The van der Waals surface area contributed by atoms with Crippen LogP contribution in [0.25, 0.3) is 109 Å². The van der Waals surface area contributed by atoms with Crippen molar-refractivity contribution in [1.82, 2.24) is 0 Å². The molecule has 11 rings (SSSR count). The lowest BCUT2D eigenvalue weighted by Gasteiger charge is -2.25. The van der Waals surface area contributed by atoms with Gasteiger partial charge in [-0.2, -0.15) is 0 Å². The summed E-state index contributed by atoms with van der Waals surface area (Å²) in [5.41, 5.74) is 11.6. The van der Waals surface area contributed by atoms with Crippen LogP contribution >= 0.6 is 0 Å². The first-order valence-corrected chi connectivity index (χ1v) is 34.0. The van der Waals surface area contributed by atoms with E-state index in [1.54, 1.807) is 0 Å². The molecule has 0 heterocycles. The Labute approximate surface area is 388 Å². The van der Waals surface area contributed by atoms with Gasteiger partial charge < -0.3 is 0 Å². The summed E-state index contributed by atoms with van der Waals surface area (Å²) in [5, 5.41) is 20.6. The molecule has 0 aliphatic rings. The average molecular weight is 887 g/mol. The van der Waals surface area contributed by atoms with Crippen molar-refractivity contribution in [3.05, 3.63) is 175 Å². The maximum atomic E-state index is 2.55. The Morgan fingerprint density at radius 2 is 0.538 bits per heavy atom. The lowest BCUT2D eigenvalue weighted by molar-refractivity contribution is 1.47. The zero-order valence-corrected chi connectivity index (χ0v) is 42.7. The molecule has 0 saturated carbocycles. The van der Waals surface area contributed by atoms with E-state index in [1.807, 2.05) is 0 Å². The summed E-state index contributed by atoms with van der Waals surface area (Å²) < 4.78 is 0. The molecule has 0 aromatic heterocycles. The number of hydrogen-bond acceptors (Lipinski definition) is 0. The number of aryl methyl sites for hydroxylation is 1. The quantitative estimate of drug-likeness (QED) is 0.110. The second kappa shape index (κ2) is 15.0. The van der Waals surface area contributed by atoms with E-state index < -0.39 is 24.2 Å². The molecular formula is C62H58Si3. The van der Waals surface area contributed by atoms with Gasteiger partial charge in [0.2, 0.25) is 0 Å². The van der Waals surface area contributed by atoms with Crippen molar-refractivity contribution in [1.29, 1.82) is 0 Å². The largest absolute Gasteiger partial charge is 0.0784 e. The van der Waals surface area contributed by atoms with Crippen LogP contribution < -0.4 is 15.6 Å². The van der Waals surface area contributed by atoms with E-state index in [-0.39, 0.29) is 0 Å². The minimum Gasteiger partial charge on any atom is -0.0656 e. The molecule has 0 fully saturated rings. The van der Waals surface area contributed by atoms with Crippen LogP contribution in [0.2, 0.25) is 58.9 Å². The van der Waals surface area contributed by atoms with Crippen LogP contribution in [0.15, 0.2) is 170 Å². The van der Waals surface area contributed by atoms with Crippen molar-refractivity contribution in [3.8, 4) is 44.5 Å². The second-order valence-electron chi connectivity index (χ2n) is 21.7. The molecule has 0 unspecified atom stereocenters. The summed E-state index contributed by atoms with van der Waals surface area (Å²) in [6.07, 6.45) is 0. The van der Waals surface area contributed by atoms with E-state index in [0.29, 0.717) is 0 Å². The number of hydrogen-bond donors (Lipinski definition) is 0. The van der Waals surface area contributed by atoms with Gasteiger partial charge in [-0.25, -0.2) is 0 Å². The lowest BCUT2D eigenvalue weighted by Crippen LogP contribution is -2.38. The maximum absolute atomic E-state index is 2.55. The topological polar surface area (TPSA) is 0 Å². The highest BCUT2D eigenvalue weighted by Crippen LogP contribution is 2.50. The van der Waals surface area contributed by atoms with E-state index >= 15 is 0 Å². The molecule has 0 aliphatic heterocycles. The van der Waals surface area contributed by atoms with Gasteiger partial charge in [-0.15, -0.1) is 0 Å². The third-order valence-electron chi connectivity index (χ3n) is 14.3. The molecule has 0 radical (unpaired) electrons. The van der Waals surface area contributed by atoms with E-state index in [0.717, 1.165) is 0 Å². The Balaban J connectivity index is 1.34. The highest BCUT2D eigenvalue weighted by Gasteiger charge is 2.27. The Morgan fingerprint density at radius 1 is 0.246 bits per heavy atom. The predicted molar refractivity (Wildman–Crippen MR) is 298 cm³/mol. The molecular weight excluding hydrogens is 829 g/mol. The first-order chi connectivity index (χ1) is 31.1. The van der Waals surface area contributed by atoms with E-state index in [1.165, 1.54) is 130 Å². The molecule has 0 atom stereocenters. The van der Waals surface area contributed by atoms with Crippen LogP contribution in [0.4, 0.5) is 0 Å². The van der Waals surface area contributed by atoms with Crippen molar-refractivity contribution in [2.45, 2.75) is 65.8 Å². The van der Waals surface area contributed by atoms with Gasteiger partial charge >= 0.3 is 0 Å². The van der Waals surface area contributed by atoms with Crippen LogP contribution in [-0.2, 0) is 0 Å². The standard InChI is InChI=1S/C62H58Si3/c1-39-23-25-40(26-24-39)54-37-55(44-31-34-58(63(2,3)4)47-20-14-11-17-41(44)47)51-29-30-53-57(46-33-36-60(65(8,9)10)49-22-16-13-19-43(46)49)38-56(52-28-27-50(54)61(51)62(52)53)45-32-35-59(64(5,6)7)48-21-15-12-18-42(45)48/h11-38H,1-10H3. The first kappa shape index (κ1) is 41.6. The molecule has 3 heteroatoms. The highest BCUT2D eigenvalue weighted by molar-refractivity contribution is 6.91. The SMILES string of the molecule is Cc1ccc(-c2cc(-c3ccc([Si](C)(C)C)c4ccccc34)c3ccc4c(-c5ccc([Si](C)(C)C)c6ccccc56)cc(-c5ccc([Si](C)(C)C)c6ccccc56)c5ccc2c3c54)cc1. The van der Waals surface area contributed by atoms with E-state index in [9.17, 15) is 0 Å². The molecule has 0 bridgehead atoms. The van der Waals surface area contributed by atoms with Gasteiger partial charge in [0.1, 0.15) is 0 Å². The summed E-state index contributed by atoms with van der Waals surface area (Å²) in [4.78, 5) is 0. The van der Waals surface area contributed by atoms with Crippen LogP contribution in [0.5, 0.6) is 0 Å². The number of benzene rings is 11. The maximum Gasteiger partial charge on any atom is 0.0784 e. The molecule has 0 aliphatic carbocycles. The number of rotatable bonds is 7. The van der Waals surface area contributed by atoms with Crippen LogP contribution in [0, 0.1) is 6.92 Å². The van der Waals surface area contributed by atoms with Gasteiger partial charge in [-0.05, 0) is 128 Å². The summed E-state index contributed by atoms with van der Waals surface area (Å²) in [6.45, 7) is 24.5. The number of fused-ring (bicyclic) bond motifs is 3. The molecule has 318 valence electrons. The normalized spacial score (nSPS) is 12.8. The van der Waals surface area contributed by atoms with E-state index in [4.69, 9.17) is 0 Å². The van der Waals surface area contributed by atoms with Gasteiger partial charge in [-0.1, -0.05) is 238 Å². The third-order valence-corrected chi connectivity index (χ3v) is 20.5. The highest BCUT2D eigenvalue weighted by atomic mass is 28.3. The van der Waals surface area contributed by atoms with Crippen molar-refractivity contribution in [2.24, 2.45) is 0 Å². The minimum absolute atomic E-state index is 1.25. The van der Waals surface area contributed by atoms with Gasteiger partial charge in [0.25, 0.3) is 0 Å². The molecule has 0 nitrogen and oxygen atoms in total. The average Bonchev–Trinajstić information content (AvgIpc) is 3.28. The third kappa shape index (κ3) is 6.73. The summed E-state index contributed by atoms with van der Waals surface area (Å²) in [5.74, 6) is 0. The molecule has 65 heavy (non-hydrogen) atoms. The second-order valence-corrected chi connectivity index (χ2v) is 36.9. The van der Waals surface area contributed by atoms with Gasteiger partial charge in [-0.3, -0.25) is 0 Å². The van der Waals surface area contributed by atoms with Crippen LogP contribution in [0.1, 0.15) is 5.56 Å². The molecule has 0 amide bonds. The lowest BCUT2D eigenvalue weighted by atomic mass is 9.80. The summed E-state index contributed by atoms with van der Waals surface area (Å²) >= 11 is 0. The van der Waals surface area contributed by atoms with Crippen LogP contribution in [-0.4, -0.2) is 24.2 Å². The fourth-order valence-electron chi connectivity index (χ4n) is 11.2. The predicted octanol–water partition coefficient (Wildman–Crippen LogP) is 16.7. The summed E-state index contributed by atoms with van der Waals surface area (Å²) in [6, 6.07) is 66.3. The smallest absolute Gasteiger partial charge is 0.0656 e. The van der Waals surface area contributed by atoms with Crippen molar-refractivity contribution in [3.63, 3.8) is 0 Å². The molecule has 0 saturated heterocycles. The van der Waals surface area contributed by atoms with Crippen LogP contribution in [0.3, 0.4) is 0 Å². The first-order valence-electron chi connectivity index (χ1n) is 23.5. The van der Waals surface area contributed by atoms with Crippen molar-refractivity contribution in [2.75, 3.05) is 0 Å². The molecule has 0 N–H and O–H groups in total. The Hall–Kier alpha value is -6.11. The van der Waals surface area contributed by atoms with E-state index in [2.05, 4.69) is 236 Å². The monoisotopic (exact) mass is 886 g/mol. The minimum atomic E-state index is -1.65. The van der Waals surface area contributed by atoms with Gasteiger partial charge in [0.05, 0.1) is 24.2 Å². The van der Waals surface area contributed by atoms with Crippen molar-refractivity contribution < 1.29 is 0 Å². The zero-order valence-electron chi connectivity index (χ0n) is 39.7. The molecule has 0 spiro atoms. The molecule has 11 aromatic rings. The molecule has 11 aromatic carbocycles. The Morgan fingerprint density at radius 3 is 0.862 bits per heavy atom. The van der Waals surface area contributed by atoms with Gasteiger partial charge in [0.15, 0.2) is 0 Å². The van der Waals surface area contributed by atoms with Crippen molar-refractivity contribution >= 4 is 104 Å². The fourth-order valence-corrected chi connectivity index (χ4v) is 16.0. The Bertz CT molecular complexity index is 3590. The Kier molecular flexibility index (Phi) is 9.57. The van der Waals surface area contributed by atoms with Gasteiger partial charge in [0, 0.05) is 0 Å². The summed E-state index contributed by atoms with van der Waals surface area (Å²) in [7, 11) is -4.94. The zero-order chi connectivity index (χ0) is 45.2.